The number of nitrogens with zero attached hydrogens (tertiary/aromatic N) is 6. The van der Waals surface area contributed by atoms with Crippen LogP contribution in [-0.2, 0) is 14.1 Å². The molecule has 0 saturated heterocycles. The fourth-order valence-corrected chi connectivity index (χ4v) is 3.64. The maximum Gasteiger partial charge on any atom is 0.269 e. The third kappa shape index (κ3) is 7.12. The molecule has 198 valence electrons. The third-order valence-corrected chi connectivity index (χ3v) is 5.53. The van der Waals surface area contributed by atoms with Gasteiger partial charge in [-0.2, -0.15) is 10.4 Å². The van der Waals surface area contributed by atoms with Crippen molar-refractivity contribution in [3.63, 3.8) is 0 Å². The largest absolute Gasteiger partial charge is 0.461 e. The number of amides is 1. The molecule has 0 saturated carbocycles. The van der Waals surface area contributed by atoms with Crippen LogP contribution in [0.1, 0.15) is 19.4 Å². The van der Waals surface area contributed by atoms with Crippen LogP contribution < -0.4 is 15.8 Å². The van der Waals surface area contributed by atoms with E-state index in [0.29, 0.717) is 33.0 Å². The van der Waals surface area contributed by atoms with Crippen LogP contribution in [-0.4, -0.2) is 56.8 Å². The number of aliphatic imine (C=N–C) groups is 1. The predicted molar refractivity (Wildman–Crippen MR) is 146 cm³/mol. The van der Waals surface area contributed by atoms with E-state index in [1.165, 1.54) is 23.4 Å². The molecule has 2 heterocycles. The summed E-state index contributed by atoms with van der Waals surface area (Å²) in [6.45, 7) is 7.26. The van der Waals surface area contributed by atoms with E-state index in [2.05, 4.69) is 47.5 Å². The minimum atomic E-state index is -1.17. The molecule has 38 heavy (non-hydrogen) atoms. The van der Waals surface area contributed by atoms with Crippen molar-refractivity contribution in [2.75, 3.05) is 13.2 Å². The van der Waals surface area contributed by atoms with Gasteiger partial charge in [0, 0.05) is 15.2 Å². The van der Waals surface area contributed by atoms with E-state index in [0.717, 1.165) is 0 Å². The maximum atomic E-state index is 13.1. The molecule has 12 nitrogen and oxygen atoms in total. The number of nitriles is 1. The fourth-order valence-electron chi connectivity index (χ4n) is 3.11. The zero-order valence-electron chi connectivity index (χ0n) is 20.7. The lowest BCUT2D eigenvalue weighted by molar-refractivity contribution is -0.131. The molecular formula is C24H26ClN8O4P. The van der Waals surface area contributed by atoms with E-state index in [-0.39, 0.29) is 31.0 Å². The quantitative estimate of drug-likeness (QED) is 0.252. The van der Waals surface area contributed by atoms with Crippen LogP contribution in [0.3, 0.4) is 0 Å². The number of rotatable bonds is 12. The Bertz CT molecular complexity index is 1420. The second kappa shape index (κ2) is 13.6. The zero-order valence-corrected chi connectivity index (χ0v) is 22.6. The summed E-state index contributed by atoms with van der Waals surface area (Å²) in [6.07, 6.45) is 4.04. The van der Waals surface area contributed by atoms with E-state index in [4.69, 9.17) is 31.3 Å². The molecule has 0 aliphatic carbocycles. The molecule has 0 radical (unpaired) electrons. The van der Waals surface area contributed by atoms with Crippen molar-refractivity contribution in [1.82, 2.24) is 25.1 Å². The van der Waals surface area contributed by atoms with Crippen LogP contribution in [0.25, 0.3) is 16.7 Å². The maximum absolute atomic E-state index is 13.1. The normalized spacial score (nSPS) is 13.6. The van der Waals surface area contributed by atoms with Crippen molar-refractivity contribution in [2.24, 2.45) is 10.7 Å². The standard InChI is InChI=1S/C24H26ClN8O4P/c1-4-14(2)28-10-20(27)32-23(34)19(12-35-15(3)11-36-38)37-24-17-9-31-33(22(17)29-13-30-24)21-16(8-26)6-5-7-18(21)25/h4-7,9-10,13,15,19H,1,11-12,27,38H2,2-3H3,(H,32,34)/b20-10+,28-14-/t15-,19+/m1/s1. The van der Waals surface area contributed by atoms with Crippen molar-refractivity contribution in [2.45, 2.75) is 26.1 Å². The molecule has 3 N–H and O–H groups in total. The Morgan fingerprint density at radius 3 is 2.92 bits per heavy atom. The Morgan fingerprint density at radius 2 is 2.21 bits per heavy atom. The smallest absolute Gasteiger partial charge is 0.269 e. The number of ether oxygens (including phenoxy) is 2. The number of fused-ring (bicyclic) bond motifs is 1. The van der Waals surface area contributed by atoms with Gasteiger partial charge in [-0.15, -0.1) is 0 Å². The molecule has 14 heteroatoms. The highest BCUT2D eigenvalue weighted by Gasteiger charge is 2.25. The van der Waals surface area contributed by atoms with Gasteiger partial charge in [-0.25, -0.2) is 14.6 Å². The molecule has 0 aliphatic rings. The van der Waals surface area contributed by atoms with Gasteiger partial charge in [0.1, 0.15) is 29.3 Å². The van der Waals surface area contributed by atoms with E-state index in [9.17, 15) is 10.1 Å². The van der Waals surface area contributed by atoms with Gasteiger partial charge in [-0.3, -0.25) is 9.79 Å². The van der Waals surface area contributed by atoms with Crippen LogP contribution >= 0.6 is 21.1 Å². The number of carbonyl (C=O) groups is 1. The first-order valence-electron chi connectivity index (χ1n) is 11.2. The molecule has 1 aromatic carbocycles. The number of aromatic nitrogens is 4. The topological polar surface area (TPSA) is 163 Å². The van der Waals surface area contributed by atoms with Crippen LogP contribution in [0.4, 0.5) is 0 Å². The number of allylic oxidation sites excluding steroid dienone is 1. The first-order valence-corrected chi connectivity index (χ1v) is 12.0. The van der Waals surface area contributed by atoms with Crippen molar-refractivity contribution < 1.29 is 18.8 Å². The van der Waals surface area contributed by atoms with E-state index in [1.54, 1.807) is 38.1 Å². The minimum absolute atomic E-state index is 0.00505. The number of hydrogen-bond acceptors (Lipinski definition) is 10. The molecule has 2 aromatic heterocycles. The van der Waals surface area contributed by atoms with Crippen LogP contribution in [0, 0.1) is 11.3 Å². The summed E-state index contributed by atoms with van der Waals surface area (Å²) < 4.78 is 18.1. The average Bonchev–Trinajstić information content (AvgIpc) is 3.33. The van der Waals surface area contributed by atoms with Gasteiger partial charge < -0.3 is 25.0 Å². The summed E-state index contributed by atoms with van der Waals surface area (Å²) in [5.74, 6) is -0.538. The van der Waals surface area contributed by atoms with E-state index < -0.39 is 12.0 Å². The molecule has 3 rings (SSSR count). The number of para-hydroxylation sites is 1. The Hall–Kier alpha value is -3.88. The average molecular weight is 557 g/mol. The lowest BCUT2D eigenvalue weighted by atomic mass is 10.2. The monoisotopic (exact) mass is 556 g/mol. The molecule has 0 fully saturated rings. The number of hydrogen-bond donors (Lipinski definition) is 2. The van der Waals surface area contributed by atoms with Crippen molar-refractivity contribution >= 4 is 43.7 Å². The molecule has 1 unspecified atom stereocenters. The highest BCUT2D eigenvalue weighted by Crippen LogP contribution is 2.29. The van der Waals surface area contributed by atoms with Crippen molar-refractivity contribution in [1.29, 1.82) is 5.26 Å². The van der Waals surface area contributed by atoms with Gasteiger partial charge in [0.2, 0.25) is 12.0 Å². The minimum Gasteiger partial charge on any atom is -0.461 e. The molecule has 1 amide bonds. The molecule has 3 aromatic rings. The first-order chi connectivity index (χ1) is 18.3. The summed E-state index contributed by atoms with van der Waals surface area (Å²) in [7, 11) is 2.14. The second-order valence-electron chi connectivity index (χ2n) is 7.85. The lowest BCUT2D eigenvalue weighted by Gasteiger charge is -2.20. The molecule has 0 spiro atoms. The van der Waals surface area contributed by atoms with E-state index >= 15 is 0 Å². The SMILES string of the molecule is C=C/C(C)=N\C=C(/N)NC(=O)[C@H](CO[C@H](C)COP)Oc1ncnc2c1cnn2-c1c(Cl)cccc1C#N. The molecule has 0 bridgehead atoms. The summed E-state index contributed by atoms with van der Waals surface area (Å²) in [5.41, 5.74) is 7.49. The van der Waals surface area contributed by atoms with Gasteiger partial charge in [0.25, 0.3) is 5.91 Å². The number of nitrogens with two attached hydrogens (primary N) is 1. The molecular weight excluding hydrogens is 531 g/mol. The van der Waals surface area contributed by atoms with Crippen molar-refractivity contribution in [3.8, 4) is 17.6 Å². The van der Waals surface area contributed by atoms with Gasteiger partial charge in [0.15, 0.2) is 5.65 Å². The molecule has 0 aliphatic heterocycles. The fraction of sp³-hybridized carbons (Fsp3) is 0.250. The Labute approximate surface area is 226 Å². The number of halogens is 1. The van der Waals surface area contributed by atoms with Gasteiger partial charge >= 0.3 is 0 Å². The number of carbonyl (C=O) groups excluding carboxylic acids is 1. The molecule has 3 atom stereocenters. The lowest BCUT2D eigenvalue weighted by Crippen LogP contribution is -2.43. The van der Waals surface area contributed by atoms with Gasteiger partial charge in [-0.05, 0) is 32.1 Å². The zero-order chi connectivity index (χ0) is 27.7. The Kier molecular flexibility index (Phi) is 10.3. The predicted octanol–water partition coefficient (Wildman–Crippen LogP) is 2.82. The summed E-state index contributed by atoms with van der Waals surface area (Å²) in [6, 6.07) is 7.01. The van der Waals surface area contributed by atoms with Crippen LogP contribution in [0.2, 0.25) is 5.02 Å². The summed E-state index contributed by atoms with van der Waals surface area (Å²) in [5, 5.41) is 17.1. The summed E-state index contributed by atoms with van der Waals surface area (Å²) >= 11 is 6.37. The van der Waals surface area contributed by atoms with Crippen LogP contribution in [0.5, 0.6) is 5.88 Å². The highest BCUT2D eigenvalue weighted by molar-refractivity contribution is 7.09. The number of benzene rings is 1. The highest BCUT2D eigenvalue weighted by atomic mass is 35.5. The number of nitrogens with one attached hydrogen (secondary N) is 1. The third-order valence-electron chi connectivity index (χ3n) is 5.03. The summed E-state index contributed by atoms with van der Waals surface area (Å²) in [4.78, 5) is 25.6. The van der Waals surface area contributed by atoms with Crippen molar-refractivity contribution in [3.05, 3.63) is 66.0 Å². The first kappa shape index (κ1) is 28.7. The Morgan fingerprint density at radius 1 is 1.42 bits per heavy atom. The second-order valence-corrected chi connectivity index (χ2v) is 8.59. The van der Waals surface area contributed by atoms with Crippen LogP contribution in [0.15, 0.2) is 60.4 Å². The Balaban J connectivity index is 1.94. The van der Waals surface area contributed by atoms with E-state index in [1.807, 2.05) is 0 Å². The van der Waals surface area contributed by atoms with Gasteiger partial charge in [0.05, 0.1) is 42.3 Å². The van der Waals surface area contributed by atoms with Gasteiger partial charge in [-0.1, -0.05) is 24.2 Å².